The Morgan fingerprint density at radius 2 is 1.79 bits per heavy atom. The highest BCUT2D eigenvalue weighted by molar-refractivity contribution is 6.33. The van der Waals surface area contributed by atoms with Crippen LogP contribution in [0.5, 0.6) is 0 Å². The van der Waals surface area contributed by atoms with Crippen LogP contribution in [0.25, 0.3) is 33.3 Å². The van der Waals surface area contributed by atoms with E-state index in [9.17, 15) is 4.79 Å². The number of halogens is 1. The molecule has 0 unspecified atom stereocenters. The molecule has 0 aliphatic rings. The lowest BCUT2D eigenvalue weighted by molar-refractivity contribution is 0.413. The summed E-state index contributed by atoms with van der Waals surface area (Å²) in [4.78, 5) is 29.1. The summed E-state index contributed by atoms with van der Waals surface area (Å²) in [5.41, 5.74) is 5.67. The van der Waals surface area contributed by atoms with Gasteiger partial charge in [-0.25, -0.2) is 4.98 Å². The maximum Gasteiger partial charge on any atom is 0.260 e. The van der Waals surface area contributed by atoms with Crippen molar-refractivity contribution in [2.45, 2.75) is 19.9 Å². The van der Waals surface area contributed by atoms with Gasteiger partial charge in [-0.3, -0.25) is 14.3 Å². The smallest absolute Gasteiger partial charge is 0.260 e. The van der Waals surface area contributed by atoms with Gasteiger partial charge in [-0.05, 0) is 68.9 Å². The van der Waals surface area contributed by atoms with Crippen molar-refractivity contribution in [2.24, 2.45) is 0 Å². The van der Waals surface area contributed by atoms with E-state index in [-0.39, 0.29) is 5.56 Å². The van der Waals surface area contributed by atoms with E-state index < -0.39 is 0 Å². The van der Waals surface area contributed by atoms with Crippen molar-refractivity contribution in [3.05, 3.63) is 100 Å². The van der Waals surface area contributed by atoms with Crippen molar-refractivity contribution in [1.29, 1.82) is 0 Å². The second-order valence-electron chi connectivity index (χ2n) is 9.39. The first-order valence-corrected chi connectivity index (χ1v) is 12.9. The van der Waals surface area contributed by atoms with Crippen LogP contribution in [0, 0.1) is 0 Å². The molecule has 3 aromatic heterocycles. The molecule has 0 saturated heterocycles. The van der Waals surface area contributed by atoms with Crippen LogP contribution < -0.4 is 10.9 Å². The van der Waals surface area contributed by atoms with Gasteiger partial charge in [0.2, 0.25) is 5.95 Å². The highest BCUT2D eigenvalue weighted by atomic mass is 35.5. The number of aryl methyl sites for hydroxylation is 1. The molecule has 2 aromatic carbocycles. The lowest BCUT2D eigenvalue weighted by Gasteiger charge is -2.14. The van der Waals surface area contributed by atoms with Gasteiger partial charge in [0.15, 0.2) is 0 Å². The van der Waals surface area contributed by atoms with Gasteiger partial charge in [0.05, 0.1) is 0 Å². The molecule has 192 valence electrons. The van der Waals surface area contributed by atoms with Gasteiger partial charge in [0, 0.05) is 64.5 Å². The third-order valence-corrected chi connectivity index (χ3v) is 6.77. The quantitative estimate of drug-likeness (QED) is 0.266. The van der Waals surface area contributed by atoms with Gasteiger partial charge in [-0.1, -0.05) is 41.9 Å². The van der Waals surface area contributed by atoms with Gasteiger partial charge >= 0.3 is 0 Å². The molecule has 0 bridgehead atoms. The largest absolute Gasteiger partial charge is 0.324 e. The molecule has 0 radical (unpaired) electrons. The SMILES string of the molecule is CCn1c(=O)c(-c2ccc(-c3cccnc3)cc2Cl)cc2cnc(Nc3ccc(CCN(C)C)cc3)nc21. The van der Waals surface area contributed by atoms with Gasteiger partial charge < -0.3 is 10.2 Å². The fourth-order valence-corrected chi connectivity index (χ4v) is 4.67. The molecular formula is C30H29ClN6O. The van der Waals surface area contributed by atoms with Crippen LogP contribution in [-0.2, 0) is 13.0 Å². The fourth-order valence-electron chi connectivity index (χ4n) is 4.39. The summed E-state index contributed by atoms with van der Waals surface area (Å²) < 4.78 is 1.66. The van der Waals surface area contributed by atoms with Crippen molar-refractivity contribution in [2.75, 3.05) is 26.0 Å². The lowest BCUT2D eigenvalue weighted by atomic mass is 10.0. The first kappa shape index (κ1) is 25.6. The fraction of sp³-hybridized carbons (Fsp3) is 0.200. The van der Waals surface area contributed by atoms with Gasteiger partial charge in [0.25, 0.3) is 5.56 Å². The maximum atomic E-state index is 13.5. The van der Waals surface area contributed by atoms with Gasteiger partial charge in [0.1, 0.15) is 5.65 Å². The molecule has 0 amide bonds. The third kappa shape index (κ3) is 5.44. The van der Waals surface area contributed by atoms with Crippen LogP contribution in [-0.4, -0.2) is 45.1 Å². The standard InChI is InChI=1S/C30H29ClN6O/c1-4-37-28-23(19-33-30(35-28)34-24-10-7-20(8-11-24)13-15-36(2)3)16-26(29(37)38)25-12-9-21(17-27(25)31)22-6-5-14-32-18-22/h5-12,14,16-19H,4,13,15H2,1-3H3,(H,33,34,35). The Hall–Kier alpha value is -4.07. The molecule has 5 aromatic rings. The molecule has 38 heavy (non-hydrogen) atoms. The first-order chi connectivity index (χ1) is 18.4. The summed E-state index contributed by atoms with van der Waals surface area (Å²) in [5, 5.41) is 4.52. The maximum absolute atomic E-state index is 13.5. The minimum atomic E-state index is -0.147. The van der Waals surface area contributed by atoms with E-state index in [2.05, 4.69) is 51.4 Å². The van der Waals surface area contributed by atoms with E-state index in [1.165, 1.54) is 5.56 Å². The number of likely N-dealkylation sites (N-methyl/N-ethyl adjacent to an activating group) is 1. The number of anilines is 2. The Kier molecular flexibility index (Phi) is 7.49. The topological polar surface area (TPSA) is 75.9 Å². The average Bonchev–Trinajstić information content (AvgIpc) is 2.93. The Bertz CT molecular complexity index is 1630. The lowest BCUT2D eigenvalue weighted by Crippen LogP contribution is -2.22. The number of pyridine rings is 2. The molecule has 1 N–H and O–H groups in total. The number of hydrogen-bond acceptors (Lipinski definition) is 6. The predicted octanol–water partition coefficient (Wildman–Crippen LogP) is 6.04. The van der Waals surface area contributed by atoms with E-state index in [0.717, 1.165) is 35.2 Å². The molecule has 0 atom stereocenters. The molecule has 8 heteroatoms. The summed E-state index contributed by atoms with van der Waals surface area (Å²) in [7, 11) is 4.14. The Balaban J connectivity index is 1.46. The van der Waals surface area contributed by atoms with Crippen molar-refractivity contribution in [1.82, 2.24) is 24.4 Å². The Labute approximate surface area is 226 Å². The number of nitrogens with zero attached hydrogens (tertiary/aromatic N) is 5. The number of rotatable bonds is 8. The van der Waals surface area contributed by atoms with Crippen molar-refractivity contribution in [3.63, 3.8) is 0 Å². The molecule has 5 rings (SSSR count). The van der Waals surface area contributed by atoms with Gasteiger partial charge in [-0.15, -0.1) is 0 Å². The summed E-state index contributed by atoms with van der Waals surface area (Å²) in [6, 6.07) is 19.6. The molecule has 0 spiro atoms. The van der Waals surface area contributed by atoms with E-state index in [1.54, 1.807) is 23.2 Å². The summed E-state index contributed by atoms with van der Waals surface area (Å²) in [6.07, 6.45) is 6.24. The Morgan fingerprint density at radius 1 is 0.974 bits per heavy atom. The van der Waals surface area contributed by atoms with Crippen LogP contribution in [0.15, 0.2) is 84.0 Å². The molecule has 3 heterocycles. The monoisotopic (exact) mass is 524 g/mol. The number of fused-ring (bicyclic) bond motifs is 1. The second-order valence-corrected chi connectivity index (χ2v) is 9.80. The zero-order valence-corrected chi connectivity index (χ0v) is 22.4. The number of aromatic nitrogens is 4. The molecular weight excluding hydrogens is 496 g/mol. The highest BCUT2D eigenvalue weighted by Crippen LogP contribution is 2.32. The molecule has 0 fully saturated rings. The molecule has 7 nitrogen and oxygen atoms in total. The number of hydrogen-bond donors (Lipinski definition) is 1. The minimum Gasteiger partial charge on any atom is -0.324 e. The van der Waals surface area contributed by atoms with Crippen molar-refractivity contribution >= 4 is 34.3 Å². The number of benzene rings is 2. The second kappa shape index (κ2) is 11.1. The molecule has 0 aliphatic heterocycles. The van der Waals surface area contributed by atoms with Gasteiger partial charge in [-0.2, -0.15) is 4.98 Å². The van der Waals surface area contributed by atoms with Crippen molar-refractivity contribution in [3.8, 4) is 22.3 Å². The van der Waals surface area contributed by atoms with Crippen molar-refractivity contribution < 1.29 is 0 Å². The van der Waals surface area contributed by atoms with E-state index >= 15 is 0 Å². The summed E-state index contributed by atoms with van der Waals surface area (Å²) >= 11 is 6.68. The Morgan fingerprint density at radius 3 is 2.47 bits per heavy atom. The van der Waals surface area contributed by atoms with E-state index in [1.807, 2.05) is 55.5 Å². The van der Waals surface area contributed by atoms with Crippen LogP contribution in [0.4, 0.5) is 11.6 Å². The molecule has 0 aliphatic carbocycles. The van der Waals surface area contributed by atoms with Crippen LogP contribution in [0.3, 0.4) is 0 Å². The first-order valence-electron chi connectivity index (χ1n) is 12.5. The highest BCUT2D eigenvalue weighted by Gasteiger charge is 2.15. The summed E-state index contributed by atoms with van der Waals surface area (Å²) in [6.45, 7) is 3.39. The minimum absolute atomic E-state index is 0.147. The normalized spacial score (nSPS) is 11.3. The average molecular weight is 525 g/mol. The van der Waals surface area contributed by atoms with Crippen LogP contribution in [0.2, 0.25) is 5.02 Å². The zero-order valence-electron chi connectivity index (χ0n) is 21.6. The number of nitrogens with one attached hydrogen (secondary N) is 1. The third-order valence-electron chi connectivity index (χ3n) is 6.46. The molecule has 0 saturated carbocycles. The van der Waals surface area contributed by atoms with Crippen LogP contribution in [0.1, 0.15) is 12.5 Å². The predicted molar refractivity (Wildman–Crippen MR) is 155 cm³/mol. The summed E-state index contributed by atoms with van der Waals surface area (Å²) in [5.74, 6) is 0.437. The van der Waals surface area contributed by atoms with E-state index in [4.69, 9.17) is 11.6 Å². The van der Waals surface area contributed by atoms with Crippen LogP contribution >= 0.6 is 11.6 Å². The van der Waals surface area contributed by atoms with E-state index in [0.29, 0.717) is 34.3 Å². The zero-order chi connectivity index (χ0) is 26.6.